The van der Waals surface area contributed by atoms with Crippen LogP contribution in [0.2, 0.25) is 0 Å². The van der Waals surface area contributed by atoms with Crippen LogP contribution in [0.5, 0.6) is 0 Å². The molecule has 2 atom stereocenters. The molecule has 0 fully saturated rings. The van der Waals surface area contributed by atoms with Crippen molar-refractivity contribution in [1.29, 1.82) is 0 Å². The van der Waals surface area contributed by atoms with Gasteiger partial charge in [-0.15, -0.1) is 0 Å². The number of aryl methyl sites for hydroxylation is 1. The standard InChI is InChI=1S/C19H25NO/c1-3-7-16-10-12-17(13-11-16)15(2)20-19(14-21)18-8-5-4-6-9-18/h4-6,8-13,15,19-21H,3,7,14H2,1-2H3. The van der Waals surface area contributed by atoms with E-state index in [0.717, 1.165) is 12.0 Å². The summed E-state index contributed by atoms with van der Waals surface area (Å²) in [4.78, 5) is 0. The molecule has 2 nitrogen and oxygen atoms in total. The Balaban J connectivity index is 2.03. The molecule has 2 N–H and O–H groups in total. The number of aliphatic hydroxyl groups is 1. The first-order valence-electron chi connectivity index (χ1n) is 7.75. The summed E-state index contributed by atoms with van der Waals surface area (Å²) >= 11 is 0. The number of rotatable bonds is 7. The van der Waals surface area contributed by atoms with Crippen LogP contribution in [-0.2, 0) is 6.42 Å². The lowest BCUT2D eigenvalue weighted by Crippen LogP contribution is -2.27. The quantitative estimate of drug-likeness (QED) is 0.804. The highest BCUT2D eigenvalue weighted by atomic mass is 16.3. The van der Waals surface area contributed by atoms with Crippen molar-refractivity contribution in [2.45, 2.75) is 38.8 Å². The van der Waals surface area contributed by atoms with Crippen LogP contribution in [0.3, 0.4) is 0 Å². The third-order valence-electron chi connectivity index (χ3n) is 3.85. The zero-order chi connectivity index (χ0) is 15.1. The van der Waals surface area contributed by atoms with Gasteiger partial charge in [0.05, 0.1) is 12.6 Å². The van der Waals surface area contributed by atoms with E-state index in [0.29, 0.717) is 0 Å². The molecule has 2 unspecified atom stereocenters. The van der Waals surface area contributed by atoms with Gasteiger partial charge in [0.1, 0.15) is 0 Å². The lowest BCUT2D eigenvalue weighted by atomic mass is 10.0. The molecule has 0 heterocycles. The Hall–Kier alpha value is -1.64. The second-order valence-electron chi connectivity index (χ2n) is 5.53. The number of hydrogen-bond donors (Lipinski definition) is 2. The van der Waals surface area contributed by atoms with E-state index in [4.69, 9.17) is 0 Å². The van der Waals surface area contributed by atoms with Crippen LogP contribution in [-0.4, -0.2) is 11.7 Å². The van der Waals surface area contributed by atoms with Gasteiger partial charge in [-0.1, -0.05) is 67.9 Å². The first-order valence-corrected chi connectivity index (χ1v) is 7.75. The van der Waals surface area contributed by atoms with Gasteiger partial charge in [0, 0.05) is 6.04 Å². The zero-order valence-electron chi connectivity index (χ0n) is 12.9. The summed E-state index contributed by atoms with van der Waals surface area (Å²) in [5.41, 5.74) is 3.76. The smallest absolute Gasteiger partial charge is 0.0626 e. The molecule has 0 saturated carbocycles. The molecule has 0 aromatic heterocycles. The number of aliphatic hydroxyl groups excluding tert-OH is 1. The molecule has 2 heteroatoms. The molecule has 112 valence electrons. The maximum Gasteiger partial charge on any atom is 0.0626 e. The maximum atomic E-state index is 9.63. The first-order chi connectivity index (χ1) is 10.2. The molecule has 0 saturated heterocycles. The minimum atomic E-state index is -0.0310. The third kappa shape index (κ3) is 4.42. The molecule has 0 bridgehead atoms. The average molecular weight is 283 g/mol. The molecule has 0 amide bonds. The monoisotopic (exact) mass is 283 g/mol. The van der Waals surface area contributed by atoms with Gasteiger partial charge >= 0.3 is 0 Å². The summed E-state index contributed by atoms with van der Waals surface area (Å²) in [6, 6.07) is 19.0. The van der Waals surface area contributed by atoms with E-state index in [9.17, 15) is 5.11 Å². The molecule has 0 aliphatic rings. The van der Waals surface area contributed by atoms with E-state index in [1.807, 2.05) is 30.3 Å². The van der Waals surface area contributed by atoms with Crippen LogP contribution >= 0.6 is 0 Å². The van der Waals surface area contributed by atoms with E-state index in [1.165, 1.54) is 17.5 Å². The van der Waals surface area contributed by atoms with Crippen LogP contribution < -0.4 is 5.32 Å². The SMILES string of the molecule is CCCc1ccc(C(C)NC(CO)c2ccccc2)cc1. The lowest BCUT2D eigenvalue weighted by molar-refractivity contribution is 0.235. The fourth-order valence-corrected chi connectivity index (χ4v) is 2.60. The molecule has 2 aromatic rings. The van der Waals surface area contributed by atoms with Crippen LogP contribution in [0.4, 0.5) is 0 Å². The zero-order valence-corrected chi connectivity index (χ0v) is 12.9. The molecule has 0 spiro atoms. The Morgan fingerprint density at radius 3 is 2.19 bits per heavy atom. The maximum absolute atomic E-state index is 9.63. The fourth-order valence-electron chi connectivity index (χ4n) is 2.60. The van der Waals surface area contributed by atoms with Gasteiger partial charge in [-0.05, 0) is 30.0 Å². The van der Waals surface area contributed by atoms with Gasteiger partial charge in [0.2, 0.25) is 0 Å². The van der Waals surface area contributed by atoms with Crippen LogP contribution in [0.25, 0.3) is 0 Å². The Bertz CT molecular complexity index is 521. The van der Waals surface area contributed by atoms with Crippen LogP contribution in [0.15, 0.2) is 54.6 Å². The van der Waals surface area contributed by atoms with Gasteiger partial charge in [-0.3, -0.25) is 0 Å². The highest BCUT2D eigenvalue weighted by molar-refractivity contribution is 5.26. The first kappa shape index (κ1) is 15.7. The van der Waals surface area contributed by atoms with Gasteiger partial charge in [0.25, 0.3) is 0 Å². The number of hydrogen-bond acceptors (Lipinski definition) is 2. The fraction of sp³-hybridized carbons (Fsp3) is 0.368. The summed E-state index contributed by atoms with van der Waals surface area (Å²) in [6.07, 6.45) is 2.30. The van der Waals surface area contributed by atoms with Crippen molar-refractivity contribution in [3.8, 4) is 0 Å². The van der Waals surface area contributed by atoms with Crippen LogP contribution in [0, 0.1) is 0 Å². The normalized spacial score (nSPS) is 13.9. The summed E-state index contributed by atoms with van der Waals surface area (Å²) in [7, 11) is 0. The van der Waals surface area contributed by atoms with Crippen molar-refractivity contribution < 1.29 is 5.11 Å². The van der Waals surface area contributed by atoms with E-state index >= 15 is 0 Å². The van der Waals surface area contributed by atoms with Crippen molar-refractivity contribution in [2.24, 2.45) is 0 Å². The predicted octanol–water partition coefficient (Wildman–Crippen LogP) is 4.02. The summed E-state index contributed by atoms with van der Waals surface area (Å²) < 4.78 is 0. The van der Waals surface area contributed by atoms with Gasteiger partial charge in [-0.2, -0.15) is 0 Å². The summed E-state index contributed by atoms with van der Waals surface area (Å²) in [5, 5.41) is 13.1. The summed E-state index contributed by atoms with van der Waals surface area (Å²) in [5.74, 6) is 0. The third-order valence-corrected chi connectivity index (χ3v) is 3.85. The van der Waals surface area contributed by atoms with E-state index in [1.54, 1.807) is 0 Å². The highest BCUT2D eigenvalue weighted by Crippen LogP contribution is 2.20. The van der Waals surface area contributed by atoms with Crippen molar-refractivity contribution in [3.63, 3.8) is 0 Å². The number of benzene rings is 2. The van der Waals surface area contributed by atoms with Gasteiger partial charge in [0.15, 0.2) is 0 Å². The molecule has 0 radical (unpaired) electrons. The minimum absolute atomic E-state index is 0.0310. The highest BCUT2D eigenvalue weighted by Gasteiger charge is 2.14. The van der Waals surface area contributed by atoms with Crippen molar-refractivity contribution in [2.75, 3.05) is 6.61 Å². The van der Waals surface area contributed by atoms with E-state index in [2.05, 4.69) is 43.4 Å². The second kappa shape index (κ2) is 7.96. The van der Waals surface area contributed by atoms with Crippen molar-refractivity contribution >= 4 is 0 Å². The molecule has 2 rings (SSSR count). The predicted molar refractivity (Wildman–Crippen MR) is 88.3 cm³/mol. The lowest BCUT2D eigenvalue weighted by Gasteiger charge is -2.22. The van der Waals surface area contributed by atoms with E-state index < -0.39 is 0 Å². The van der Waals surface area contributed by atoms with Gasteiger partial charge in [-0.25, -0.2) is 0 Å². The average Bonchev–Trinajstić information content (AvgIpc) is 2.54. The minimum Gasteiger partial charge on any atom is -0.394 e. The molecule has 0 aliphatic heterocycles. The largest absolute Gasteiger partial charge is 0.394 e. The Morgan fingerprint density at radius 1 is 0.952 bits per heavy atom. The van der Waals surface area contributed by atoms with Crippen molar-refractivity contribution in [1.82, 2.24) is 5.32 Å². The molecule has 2 aromatic carbocycles. The van der Waals surface area contributed by atoms with Gasteiger partial charge < -0.3 is 10.4 Å². The Kier molecular flexibility index (Phi) is 5.97. The Morgan fingerprint density at radius 2 is 1.62 bits per heavy atom. The topological polar surface area (TPSA) is 32.3 Å². The van der Waals surface area contributed by atoms with E-state index in [-0.39, 0.29) is 18.7 Å². The second-order valence-corrected chi connectivity index (χ2v) is 5.53. The Labute approximate surface area is 127 Å². The van der Waals surface area contributed by atoms with Crippen LogP contribution in [0.1, 0.15) is 49.0 Å². The number of nitrogens with one attached hydrogen (secondary N) is 1. The molecule has 0 aliphatic carbocycles. The molecular weight excluding hydrogens is 258 g/mol. The molecule has 21 heavy (non-hydrogen) atoms. The van der Waals surface area contributed by atoms with Crippen molar-refractivity contribution in [3.05, 3.63) is 71.3 Å². The molecular formula is C19H25NO. The summed E-state index contributed by atoms with van der Waals surface area (Å²) in [6.45, 7) is 4.44.